The Morgan fingerprint density at radius 1 is 1.12 bits per heavy atom. The van der Waals surface area contributed by atoms with Gasteiger partial charge in [0.2, 0.25) is 15.9 Å². The Hall–Kier alpha value is -2.71. The molecule has 1 atom stereocenters. The number of benzene rings is 2. The van der Waals surface area contributed by atoms with Gasteiger partial charge in [0.15, 0.2) is 0 Å². The smallest absolute Gasteiger partial charge is 0.337 e. The molecule has 0 bridgehead atoms. The Labute approximate surface area is 151 Å². The topological polar surface area (TPSA) is 107 Å². The maximum absolute atomic E-state index is 13.1. The molecule has 0 radical (unpaired) electrons. The summed E-state index contributed by atoms with van der Waals surface area (Å²) in [6.07, 6.45) is 0.210. The second kappa shape index (κ2) is 6.89. The number of sulfonamides is 1. The van der Waals surface area contributed by atoms with Crippen LogP contribution in [0.5, 0.6) is 0 Å². The summed E-state index contributed by atoms with van der Waals surface area (Å²) in [5.74, 6) is -1.36. The van der Waals surface area contributed by atoms with Gasteiger partial charge in [-0.2, -0.15) is 4.31 Å². The second-order valence-electron chi connectivity index (χ2n) is 5.96. The van der Waals surface area contributed by atoms with Crippen molar-refractivity contribution < 1.29 is 22.7 Å². The van der Waals surface area contributed by atoms with Crippen molar-refractivity contribution in [2.75, 3.05) is 7.11 Å². The Kier molecular flexibility index (Phi) is 4.80. The summed E-state index contributed by atoms with van der Waals surface area (Å²) in [6.45, 7) is 0.0363. The maximum atomic E-state index is 13.1. The van der Waals surface area contributed by atoms with Gasteiger partial charge < -0.3 is 10.5 Å². The first-order valence-corrected chi connectivity index (χ1v) is 9.35. The highest BCUT2D eigenvalue weighted by molar-refractivity contribution is 7.89. The van der Waals surface area contributed by atoms with E-state index in [9.17, 15) is 18.0 Å². The van der Waals surface area contributed by atoms with E-state index in [1.807, 2.05) is 24.3 Å². The van der Waals surface area contributed by atoms with Gasteiger partial charge in [0, 0.05) is 6.54 Å². The van der Waals surface area contributed by atoms with E-state index in [0.29, 0.717) is 0 Å². The second-order valence-corrected chi connectivity index (χ2v) is 7.85. The minimum absolute atomic E-state index is 0.0363. The van der Waals surface area contributed by atoms with Crippen LogP contribution in [0.3, 0.4) is 0 Å². The van der Waals surface area contributed by atoms with Crippen molar-refractivity contribution in [2.24, 2.45) is 5.73 Å². The summed E-state index contributed by atoms with van der Waals surface area (Å²) in [5.41, 5.74) is 7.29. The molecule has 3 rings (SSSR count). The number of esters is 1. The van der Waals surface area contributed by atoms with E-state index in [0.717, 1.165) is 15.4 Å². The fourth-order valence-electron chi connectivity index (χ4n) is 3.03. The molecule has 0 aliphatic carbocycles. The van der Waals surface area contributed by atoms with Gasteiger partial charge >= 0.3 is 5.97 Å². The average molecular weight is 374 g/mol. The van der Waals surface area contributed by atoms with Crippen molar-refractivity contribution in [3.63, 3.8) is 0 Å². The molecule has 0 saturated carbocycles. The summed E-state index contributed by atoms with van der Waals surface area (Å²) >= 11 is 0. The molecule has 1 aliphatic heterocycles. The van der Waals surface area contributed by atoms with E-state index in [2.05, 4.69) is 4.74 Å². The lowest BCUT2D eigenvalue weighted by atomic mass is 9.96. The summed E-state index contributed by atoms with van der Waals surface area (Å²) in [5, 5.41) is 0. The van der Waals surface area contributed by atoms with Crippen LogP contribution in [-0.2, 0) is 32.5 Å². The highest BCUT2D eigenvalue weighted by Gasteiger charge is 2.38. The zero-order valence-electron chi connectivity index (χ0n) is 14.1. The number of amides is 1. The van der Waals surface area contributed by atoms with E-state index >= 15 is 0 Å². The normalized spacial score (nSPS) is 17.3. The van der Waals surface area contributed by atoms with Gasteiger partial charge in [-0.3, -0.25) is 4.79 Å². The molecule has 8 heteroatoms. The molecule has 2 N–H and O–H groups in total. The predicted molar refractivity (Wildman–Crippen MR) is 93.6 cm³/mol. The summed E-state index contributed by atoms with van der Waals surface area (Å²) in [6, 6.07) is 11.9. The van der Waals surface area contributed by atoms with Crippen LogP contribution in [0.15, 0.2) is 53.4 Å². The SMILES string of the molecule is COC(=O)c1cccc(S(=O)(=O)N2Cc3ccccc3C[C@@H]2C(N)=O)c1. The number of carbonyl (C=O) groups excluding carboxylic acids is 2. The third-order valence-electron chi connectivity index (χ3n) is 4.40. The molecular formula is C18H18N2O5S. The summed E-state index contributed by atoms with van der Waals surface area (Å²) in [7, 11) is -2.82. The zero-order valence-corrected chi connectivity index (χ0v) is 14.9. The molecule has 0 spiro atoms. The van der Waals surface area contributed by atoms with Crippen molar-refractivity contribution in [3.8, 4) is 0 Å². The largest absolute Gasteiger partial charge is 0.465 e. The number of nitrogens with zero attached hydrogens (tertiary/aromatic N) is 1. The standard InChI is InChI=1S/C18H18N2O5S/c1-25-18(22)13-7-4-8-15(9-13)26(23,24)20-11-14-6-3-2-5-12(14)10-16(20)17(19)21/h2-9,16H,10-11H2,1H3,(H2,19,21)/t16-/m1/s1. The number of hydrogen-bond donors (Lipinski definition) is 1. The minimum atomic E-state index is -4.04. The zero-order chi connectivity index (χ0) is 18.9. The molecular weight excluding hydrogens is 356 g/mol. The van der Waals surface area contributed by atoms with Gasteiger partial charge in [-0.1, -0.05) is 30.3 Å². The number of hydrogen-bond acceptors (Lipinski definition) is 5. The molecule has 26 heavy (non-hydrogen) atoms. The van der Waals surface area contributed by atoms with Gasteiger partial charge in [-0.05, 0) is 35.7 Å². The van der Waals surface area contributed by atoms with E-state index in [1.54, 1.807) is 0 Å². The Balaban J connectivity index is 2.05. The molecule has 0 aromatic heterocycles. The van der Waals surface area contributed by atoms with Gasteiger partial charge in [0.25, 0.3) is 0 Å². The van der Waals surface area contributed by atoms with Gasteiger partial charge in [0.1, 0.15) is 6.04 Å². The van der Waals surface area contributed by atoms with E-state index < -0.39 is 27.9 Å². The molecule has 1 aliphatic rings. The number of rotatable bonds is 4. The monoisotopic (exact) mass is 374 g/mol. The lowest BCUT2D eigenvalue weighted by Gasteiger charge is -2.34. The quantitative estimate of drug-likeness (QED) is 0.806. The van der Waals surface area contributed by atoms with Crippen molar-refractivity contribution in [1.29, 1.82) is 0 Å². The Morgan fingerprint density at radius 3 is 2.46 bits per heavy atom. The van der Waals surface area contributed by atoms with E-state index in [1.165, 1.54) is 31.4 Å². The first kappa shape index (κ1) is 18.1. The third kappa shape index (κ3) is 3.21. The van der Waals surface area contributed by atoms with Crippen molar-refractivity contribution >= 4 is 21.9 Å². The molecule has 0 fully saturated rings. The number of carbonyl (C=O) groups is 2. The minimum Gasteiger partial charge on any atom is -0.465 e. The summed E-state index contributed by atoms with van der Waals surface area (Å²) in [4.78, 5) is 23.5. The van der Waals surface area contributed by atoms with E-state index in [-0.39, 0.29) is 23.4 Å². The lowest BCUT2D eigenvalue weighted by Crippen LogP contribution is -2.51. The Morgan fingerprint density at radius 2 is 1.81 bits per heavy atom. The van der Waals surface area contributed by atoms with E-state index in [4.69, 9.17) is 5.73 Å². The van der Waals surface area contributed by atoms with Crippen LogP contribution in [0.25, 0.3) is 0 Å². The van der Waals surface area contributed by atoms with Crippen LogP contribution in [0.4, 0.5) is 0 Å². The summed E-state index contributed by atoms with van der Waals surface area (Å²) < 4.78 is 32.0. The molecule has 0 saturated heterocycles. The highest BCUT2D eigenvalue weighted by atomic mass is 32.2. The number of ether oxygens (including phenoxy) is 1. The van der Waals surface area contributed by atoms with Crippen LogP contribution in [0.1, 0.15) is 21.5 Å². The van der Waals surface area contributed by atoms with Crippen molar-refractivity contribution in [3.05, 3.63) is 65.2 Å². The van der Waals surface area contributed by atoms with Gasteiger partial charge in [-0.15, -0.1) is 0 Å². The van der Waals surface area contributed by atoms with Crippen LogP contribution in [0.2, 0.25) is 0 Å². The lowest BCUT2D eigenvalue weighted by molar-refractivity contribution is -0.122. The van der Waals surface area contributed by atoms with Gasteiger partial charge in [0.05, 0.1) is 17.6 Å². The number of primary amides is 1. The molecule has 2 aromatic carbocycles. The Bertz CT molecular complexity index is 971. The first-order chi connectivity index (χ1) is 12.3. The predicted octanol–water partition coefficient (Wildman–Crippen LogP) is 1.07. The van der Waals surface area contributed by atoms with Crippen LogP contribution < -0.4 is 5.73 Å². The fourth-order valence-corrected chi connectivity index (χ4v) is 4.65. The number of methoxy groups -OCH3 is 1. The number of nitrogens with two attached hydrogens (primary N) is 1. The molecule has 0 unspecified atom stereocenters. The fraction of sp³-hybridized carbons (Fsp3) is 0.222. The molecule has 1 amide bonds. The molecule has 7 nitrogen and oxygen atoms in total. The molecule has 2 aromatic rings. The van der Waals surface area contributed by atoms with Crippen LogP contribution in [-0.4, -0.2) is 37.8 Å². The first-order valence-electron chi connectivity index (χ1n) is 7.91. The van der Waals surface area contributed by atoms with Crippen LogP contribution >= 0.6 is 0 Å². The van der Waals surface area contributed by atoms with Gasteiger partial charge in [-0.25, -0.2) is 13.2 Å². The highest BCUT2D eigenvalue weighted by Crippen LogP contribution is 2.29. The third-order valence-corrected chi connectivity index (χ3v) is 6.25. The average Bonchev–Trinajstić information content (AvgIpc) is 2.66. The molecule has 1 heterocycles. The molecule has 136 valence electrons. The number of fused-ring (bicyclic) bond motifs is 1. The van der Waals surface area contributed by atoms with Crippen LogP contribution in [0, 0.1) is 0 Å². The maximum Gasteiger partial charge on any atom is 0.337 e. The van der Waals surface area contributed by atoms with Crippen molar-refractivity contribution in [1.82, 2.24) is 4.31 Å². The van der Waals surface area contributed by atoms with Crippen molar-refractivity contribution in [2.45, 2.75) is 23.9 Å².